The maximum absolute atomic E-state index is 11.9. The van der Waals surface area contributed by atoms with Crippen LogP contribution in [0.15, 0.2) is 30.3 Å². The fourth-order valence-electron chi connectivity index (χ4n) is 2.18. The second-order valence-corrected chi connectivity index (χ2v) is 4.44. The molecule has 0 aromatic heterocycles. The van der Waals surface area contributed by atoms with Crippen LogP contribution in [0.25, 0.3) is 0 Å². The first-order chi connectivity index (χ1) is 8.20. The summed E-state index contributed by atoms with van der Waals surface area (Å²) in [5, 5.41) is 0. The Balaban J connectivity index is 1.99. The van der Waals surface area contributed by atoms with Gasteiger partial charge in [-0.05, 0) is 18.6 Å². The van der Waals surface area contributed by atoms with Gasteiger partial charge in [-0.25, -0.2) is 4.79 Å². The summed E-state index contributed by atoms with van der Waals surface area (Å²) in [5.74, 6) is -0.258. The van der Waals surface area contributed by atoms with E-state index in [0.717, 1.165) is 12.8 Å². The number of ether oxygens (including phenoxy) is 2. The van der Waals surface area contributed by atoms with E-state index in [1.807, 2.05) is 33.0 Å². The summed E-state index contributed by atoms with van der Waals surface area (Å²) in [7, 11) is 2.01. The van der Waals surface area contributed by atoms with Gasteiger partial charge in [0.05, 0.1) is 11.7 Å². The van der Waals surface area contributed by atoms with E-state index in [1.165, 1.54) is 0 Å². The van der Waals surface area contributed by atoms with Crippen molar-refractivity contribution in [1.82, 2.24) is 0 Å². The summed E-state index contributed by atoms with van der Waals surface area (Å²) in [6.07, 6.45) is 1.59. The van der Waals surface area contributed by atoms with Crippen LogP contribution in [0.2, 0.25) is 0 Å². The van der Waals surface area contributed by atoms with Crippen molar-refractivity contribution in [2.24, 2.45) is 0 Å². The third-order valence-electron chi connectivity index (χ3n) is 3.06. The summed E-state index contributed by atoms with van der Waals surface area (Å²) in [4.78, 5) is 11.9. The van der Waals surface area contributed by atoms with Crippen LogP contribution in [0, 0.1) is 0 Å². The van der Waals surface area contributed by atoms with Gasteiger partial charge in [-0.15, -0.1) is 0 Å². The molecule has 4 heteroatoms. The molecule has 1 aliphatic heterocycles. The molecule has 0 bridgehead atoms. The van der Waals surface area contributed by atoms with Gasteiger partial charge in [0, 0.05) is 12.4 Å². The van der Waals surface area contributed by atoms with Crippen molar-refractivity contribution in [2.45, 2.75) is 38.0 Å². The zero-order valence-electron chi connectivity index (χ0n) is 10.3. The molecule has 90 valence electrons. The fourth-order valence-corrected chi connectivity index (χ4v) is 2.18. The molecule has 1 aliphatic rings. The summed E-state index contributed by atoms with van der Waals surface area (Å²) >= 11 is 0. The highest BCUT2D eigenvalue weighted by Gasteiger charge is 2.34. The number of carbonyl (C=O) groups is 1. The Morgan fingerprint density at radius 2 is 2.18 bits per heavy atom. The van der Waals surface area contributed by atoms with E-state index in [9.17, 15) is 4.79 Å². The predicted octanol–water partition coefficient (Wildman–Crippen LogP) is 1.37. The number of hydrogen-bond donors (Lipinski definition) is 0. The second kappa shape index (κ2) is 5.36. The molecule has 2 rings (SSSR count). The molecule has 1 heterocycles. The molecule has 0 spiro atoms. The Hall–Kier alpha value is -1.29. The van der Waals surface area contributed by atoms with Crippen LogP contribution >= 0.6 is 0 Å². The lowest BCUT2D eigenvalue weighted by atomic mass is 9.96. The normalized spacial score (nSPS) is 27.9. The average Bonchev–Trinajstić information content (AvgIpc) is 2.70. The third kappa shape index (κ3) is 2.89. The standard InChI is InChI=1S/C13H17BO3/c1-2-10-11(8-12(14)16-10)17-13(15)9-6-4-3-5-7-9/h3-7,10-12H,2,8,14H2,1H3/t10-,11-,12-/m1/s1. The first kappa shape index (κ1) is 12.2. The molecule has 1 fully saturated rings. The minimum atomic E-state index is -0.258. The van der Waals surface area contributed by atoms with E-state index in [4.69, 9.17) is 9.47 Å². The van der Waals surface area contributed by atoms with Crippen molar-refractivity contribution in [3.8, 4) is 0 Å². The summed E-state index contributed by atoms with van der Waals surface area (Å²) < 4.78 is 11.2. The molecule has 1 aromatic rings. The van der Waals surface area contributed by atoms with Gasteiger partial charge in [-0.1, -0.05) is 25.1 Å². The zero-order valence-corrected chi connectivity index (χ0v) is 10.3. The predicted molar refractivity (Wildman–Crippen MR) is 67.8 cm³/mol. The van der Waals surface area contributed by atoms with E-state index < -0.39 is 0 Å². The van der Waals surface area contributed by atoms with Gasteiger partial charge in [0.15, 0.2) is 0 Å². The monoisotopic (exact) mass is 232 g/mol. The van der Waals surface area contributed by atoms with E-state index in [1.54, 1.807) is 12.1 Å². The number of benzene rings is 1. The molecule has 0 saturated carbocycles. The Bertz CT molecular complexity index is 380. The zero-order chi connectivity index (χ0) is 12.3. The van der Waals surface area contributed by atoms with Crippen LogP contribution in [-0.4, -0.2) is 32.0 Å². The van der Waals surface area contributed by atoms with Gasteiger partial charge in [0.25, 0.3) is 0 Å². The lowest BCUT2D eigenvalue weighted by Crippen LogP contribution is -2.26. The largest absolute Gasteiger partial charge is 0.456 e. The molecule has 0 N–H and O–H groups in total. The summed E-state index contributed by atoms with van der Waals surface area (Å²) in [6.45, 7) is 2.05. The van der Waals surface area contributed by atoms with Crippen molar-refractivity contribution in [3.63, 3.8) is 0 Å². The van der Waals surface area contributed by atoms with Crippen molar-refractivity contribution < 1.29 is 14.3 Å². The Morgan fingerprint density at radius 1 is 1.47 bits per heavy atom. The summed E-state index contributed by atoms with van der Waals surface area (Å²) in [6, 6.07) is 9.26. The van der Waals surface area contributed by atoms with E-state index in [2.05, 4.69) is 0 Å². The highest BCUT2D eigenvalue weighted by molar-refractivity contribution is 6.11. The molecule has 0 amide bonds. The number of esters is 1. The topological polar surface area (TPSA) is 35.5 Å². The maximum Gasteiger partial charge on any atom is 0.338 e. The van der Waals surface area contributed by atoms with Crippen LogP contribution in [-0.2, 0) is 9.47 Å². The van der Waals surface area contributed by atoms with Crippen LogP contribution in [0.1, 0.15) is 30.1 Å². The van der Waals surface area contributed by atoms with Crippen LogP contribution in [0.3, 0.4) is 0 Å². The molecule has 3 atom stereocenters. The maximum atomic E-state index is 11.9. The smallest absolute Gasteiger partial charge is 0.338 e. The van der Waals surface area contributed by atoms with E-state index in [0.29, 0.717) is 5.56 Å². The van der Waals surface area contributed by atoms with E-state index in [-0.39, 0.29) is 24.2 Å². The quantitative estimate of drug-likeness (QED) is 0.583. The molecule has 3 nitrogen and oxygen atoms in total. The number of hydrogen-bond acceptors (Lipinski definition) is 3. The Labute approximate surface area is 103 Å². The molecular formula is C13H17BO3. The van der Waals surface area contributed by atoms with Gasteiger partial charge >= 0.3 is 5.97 Å². The van der Waals surface area contributed by atoms with Gasteiger partial charge < -0.3 is 9.47 Å². The van der Waals surface area contributed by atoms with Gasteiger partial charge in [-0.2, -0.15) is 0 Å². The molecular weight excluding hydrogens is 215 g/mol. The van der Waals surface area contributed by atoms with Crippen LogP contribution in [0.4, 0.5) is 0 Å². The number of carbonyl (C=O) groups excluding carboxylic acids is 1. The highest BCUT2D eigenvalue weighted by Crippen LogP contribution is 2.24. The molecule has 1 saturated heterocycles. The first-order valence-electron chi connectivity index (χ1n) is 6.12. The Kier molecular flexibility index (Phi) is 3.84. The first-order valence-corrected chi connectivity index (χ1v) is 6.12. The van der Waals surface area contributed by atoms with Crippen LogP contribution in [0.5, 0.6) is 0 Å². The molecule has 0 radical (unpaired) electrons. The molecule has 0 unspecified atom stereocenters. The fraction of sp³-hybridized carbons (Fsp3) is 0.462. The van der Waals surface area contributed by atoms with Gasteiger partial charge in [0.1, 0.15) is 14.0 Å². The lowest BCUT2D eigenvalue weighted by Gasteiger charge is -2.17. The van der Waals surface area contributed by atoms with Crippen molar-refractivity contribution in [3.05, 3.63) is 35.9 Å². The Morgan fingerprint density at radius 3 is 2.82 bits per heavy atom. The van der Waals surface area contributed by atoms with E-state index >= 15 is 0 Å². The second-order valence-electron chi connectivity index (χ2n) is 4.44. The molecule has 17 heavy (non-hydrogen) atoms. The van der Waals surface area contributed by atoms with Gasteiger partial charge in [-0.3, -0.25) is 0 Å². The minimum absolute atomic E-state index is 0.0395. The van der Waals surface area contributed by atoms with Crippen molar-refractivity contribution >= 4 is 13.8 Å². The summed E-state index contributed by atoms with van der Waals surface area (Å²) in [5.41, 5.74) is 0.599. The van der Waals surface area contributed by atoms with Gasteiger partial charge in [0.2, 0.25) is 0 Å². The SMILES string of the molecule is B[C@H]1C[C@@H](OC(=O)c2ccccc2)[C@@H](CC)O1. The number of rotatable bonds is 3. The van der Waals surface area contributed by atoms with Crippen molar-refractivity contribution in [2.75, 3.05) is 0 Å². The average molecular weight is 232 g/mol. The lowest BCUT2D eigenvalue weighted by molar-refractivity contribution is -0.00353. The molecule has 0 aliphatic carbocycles. The van der Waals surface area contributed by atoms with Crippen molar-refractivity contribution in [1.29, 1.82) is 0 Å². The third-order valence-corrected chi connectivity index (χ3v) is 3.06. The molecule has 1 aromatic carbocycles. The highest BCUT2D eigenvalue weighted by atomic mass is 16.6. The minimum Gasteiger partial charge on any atom is -0.456 e. The van der Waals surface area contributed by atoms with Crippen LogP contribution < -0.4 is 0 Å².